The molecular weight excluding hydrogens is 318 g/mol. The zero-order chi connectivity index (χ0) is 18.1. The van der Waals surface area contributed by atoms with Crippen LogP contribution in [0.25, 0.3) is 0 Å². The molecule has 134 valence electrons. The summed E-state index contributed by atoms with van der Waals surface area (Å²) in [5, 5.41) is 6.05. The summed E-state index contributed by atoms with van der Waals surface area (Å²) in [7, 11) is 1.64. The fraction of sp³-hybridized carbons (Fsp3) is 0.368. The van der Waals surface area contributed by atoms with Gasteiger partial charge in [-0.25, -0.2) is 4.98 Å². The van der Waals surface area contributed by atoms with Crippen LogP contribution in [-0.2, 0) is 4.74 Å². The van der Waals surface area contributed by atoms with Gasteiger partial charge in [0.15, 0.2) is 0 Å². The van der Waals surface area contributed by atoms with Crippen LogP contribution in [0.2, 0.25) is 0 Å². The van der Waals surface area contributed by atoms with E-state index in [4.69, 9.17) is 9.47 Å². The monoisotopic (exact) mass is 343 g/mol. The number of anilines is 2. The topological polar surface area (TPSA) is 72.5 Å². The molecule has 0 aliphatic heterocycles. The third-order valence-electron chi connectivity index (χ3n) is 3.32. The van der Waals surface area contributed by atoms with Gasteiger partial charge in [0, 0.05) is 25.9 Å². The number of methoxy groups -OCH3 is 1. The minimum atomic E-state index is -0.183. The third kappa shape index (κ3) is 6.43. The maximum atomic E-state index is 12.0. The molecule has 1 amide bonds. The van der Waals surface area contributed by atoms with E-state index in [1.165, 1.54) is 0 Å². The number of carbonyl (C=O) groups excluding carboxylic acids is 1. The molecule has 0 radical (unpaired) electrons. The van der Waals surface area contributed by atoms with E-state index in [9.17, 15) is 4.79 Å². The summed E-state index contributed by atoms with van der Waals surface area (Å²) in [6, 6.07) is 11.2. The normalized spacial score (nSPS) is 10.6. The summed E-state index contributed by atoms with van der Waals surface area (Å²) in [5.41, 5.74) is 2.13. The molecular formula is C19H25N3O3. The van der Waals surface area contributed by atoms with Crippen molar-refractivity contribution in [2.75, 3.05) is 25.6 Å². The Bertz CT molecular complexity index is 655. The molecule has 1 aromatic carbocycles. The van der Waals surface area contributed by atoms with Crippen LogP contribution in [0.1, 0.15) is 30.8 Å². The first-order valence-electron chi connectivity index (χ1n) is 8.35. The summed E-state index contributed by atoms with van der Waals surface area (Å²) >= 11 is 0. The van der Waals surface area contributed by atoms with Crippen LogP contribution in [0, 0.1) is 0 Å². The van der Waals surface area contributed by atoms with Crippen LogP contribution < -0.4 is 15.4 Å². The van der Waals surface area contributed by atoms with Gasteiger partial charge in [-0.1, -0.05) is 0 Å². The lowest BCUT2D eigenvalue weighted by molar-refractivity contribution is 0.0943. The molecule has 25 heavy (non-hydrogen) atoms. The predicted octanol–water partition coefficient (Wildman–Crippen LogP) is 3.38. The Morgan fingerprint density at radius 1 is 1.12 bits per heavy atom. The van der Waals surface area contributed by atoms with E-state index < -0.39 is 0 Å². The third-order valence-corrected chi connectivity index (χ3v) is 3.32. The second kappa shape index (κ2) is 9.64. The van der Waals surface area contributed by atoms with Gasteiger partial charge in [-0.15, -0.1) is 0 Å². The number of rotatable bonds is 9. The zero-order valence-electron chi connectivity index (χ0n) is 14.9. The van der Waals surface area contributed by atoms with E-state index in [0.29, 0.717) is 18.8 Å². The van der Waals surface area contributed by atoms with Crippen molar-refractivity contribution in [3.8, 4) is 5.75 Å². The fourth-order valence-electron chi connectivity index (χ4n) is 2.17. The number of nitrogens with one attached hydrogen (secondary N) is 2. The number of hydrogen-bond acceptors (Lipinski definition) is 5. The van der Waals surface area contributed by atoms with Gasteiger partial charge in [-0.2, -0.15) is 0 Å². The van der Waals surface area contributed by atoms with Crippen LogP contribution in [0.4, 0.5) is 11.4 Å². The van der Waals surface area contributed by atoms with Crippen molar-refractivity contribution in [1.29, 1.82) is 0 Å². The molecule has 2 N–H and O–H groups in total. The Hall–Kier alpha value is -2.60. The highest BCUT2D eigenvalue weighted by molar-refractivity contribution is 5.92. The molecule has 0 spiro atoms. The molecule has 6 heteroatoms. The predicted molar refractivity (Wildman–Crippen MR) is 98.6 cm³/mol. The van der Waals surface area contributed by atoms with Crippen LogP contribution in [-0.4, -0.2) is 37.3 Å². The summed E-state index contributed by atoms with van der Waals surface area (Å²) in [4.78, 5) is 16.2. The number of aromatic nitrogens is 1. The maximum absolute atomic E-state index is 12.0. The molecule has 2 aromatic rings. The highest BCUT2D eigenvalue weighted by atomic mass is 16.5. The Morgan fingerprint density at radius 2 is 1.84 bits per heavy atom. The number of ether oxygens (including phenoxy) is 2. The van der Waals surface area contributed by atoms with Gasteiger partial charge in [0.2, 0.25) is 0 Å². The number of carbonyl (C=O) groups is 1. The van der Waals surface area contributed by atoms with Gasteiger partial charge in [0.25, 0.3) is 5.91 Å². The molecule has 0 aliphatic carbocycles. The number of pyridine rings is 1. The lowest BCUT2D eigenvalue weighted by atomic mass is 10.2. The van der Waals surface area contributed by atoms with Gasteiger partial charge in [-0.05, 0) is 56.7 Å². The molecule has 0 unspecified atom stereocenters. The van der Waals surface area contributed by atoms with Crippen molar-refractivity contribution in [2.24, 2.45) is 0 Å². The fourth-order valence-corrected chi connectivity index (χ4v) is 2.17. The summed E-state index contributed by atoms with van der Waals surface area (Å²) < 4.78 is 10.6. The molecule has 0 atom stereocenters. The second-order valence-corrected chi connectivity index (χ2v) is 5.85. The van der Waals surface area contributed by atoms with Gasteiger partial charge in [0.1, 0.15) is 11.4 Å². The molecule has 0 saturated heterocycles. The van der Waals surface area contributed by atoms with Gasteiger partial charge >= 0.3 is 0 Å². The minimum absolute atomic E-state index is 0.149. The van der Waals surface area contributed by atoms with E-state index in [2.05, 4.69) is 15.6 Å². The SMILES string of the molecule is COCCCNC(=O)c1ccc(Nc2ccc(OC(C)C)cc2)cn1. The number of nitrogens with zero attached hydrogens (tertiary/aromatic N) is 1. The molecule has 0 fully saturated rings. The van der Waals surface area contributed by atoms with Crippen molar-refractivity contribution < 1.29 is 14.3 Å². The summed E-state index contributed by atoms with van der Waals surface area (Å²) in [6.45, 7) is 5.18. The van der Waals surface area contributed by atoms with Crippen LogP contribution in [0.5, 0.6) is 5.75 Å². The van der Waals surface area contributed by atoms with Crippen molar-refractivity contribution in [2.45, 2.75) is 26.4 Å². The highest BCUT2D eigenvalue weighted by Gasteiger charge is 2.06. The Kier molecular flexibility index (Phi) is 7.22. The van der Waals surface area contributed by atoms with E-state index in [0.717, 1.165) is 23.5 Å². The standard InChI is InChI=1S/C19H25N3O3/c1-14(2)25-17-8-5-15(6-9-17)22-16-7-10-18(21-13-16)19(23)20-11-4-12-24-3/h5-10,13-14,22H,4,11-12H2,1-3H3,(H,20,23). The average Bonchev–Trinajstić information content (AvgIpc) is 2.60. The quantitative estimate of drug-likeness (QED) is 0.683. The van der Waals surface area contributed by atoms with Crippen molar-refractivity contribution in [3.63, 3.8) is 0 Å². The van der Waals surface area contributed by atoms with Crippen molar-refractivity contribution in [3.05, 3.63) is 48.3 Å². The lowest BCUT2D eigenvalue weighted by Gasteiger charge is -2.11. The molecule has 0 saturated carbocycles. The summed E-state index contributed by atoms with van der Waals surface area (Å²) in [6.07, 6.45) is 2.57. The van der Waals surface area contributed by atoms with Crippen LogP contribution >= 0.6 is 0 Å². The van der Waals surface area contributed by atoms with Gasteiger partial charge in [-0.3, -0.25) is 4.79 Å². The molecule has 2 rings (SSSR count). The average molecular weight is 343 g/mol. The smallest absolute Gasteiger partial charge is 0.269 e. The first-order chi connectivity index (χ1) is 12.1. The van der Waals surface area contributed by atoms with E-state index in [1.807, 2.05) is 44.2 Å². The number of amides is 1. The number of benzene rings is 1. The van der Waals surface area contributed by atoms with Gasteiger partial charge in [0.05, 0.1) is 18.0 Å². The molecule has 6 nitrogen and oxygen atoms in total. The molecule has 1 heterocycles. The number of hydrogen-bond donors (Lipinski definition) is 2. The van der Waals surface area contributed by atoms with Crippen molar-refractivity contribution >= 4 is 17.3 Å². The van der Waals surface area contributed by atoms with E-state index in [-0.39, 0.29) is 12.0 Å². The van der Waals surface area contributed by atoms with Crippen molar-refractivity contribution in [1.82, 2.24) is 10.3 Å². The van der Waals surface area contributed by atoms with E-state index >= 15 is 0 Å². The molecule has 0 aliphatic rings. The largest absolute Gasteiger partial charge is 0.491 e. The first kappa shape index (κ1) is 18.7. The highest BCUT2D eigenvalue weighted by Crippen LogP contribution is 2.20. The molecule has 1 aromatic heterocycles. The van der Waals surface area contributed by atoms with Crippen LogP contribution in [0.3, 0.4) is 0 Å². The van der Waals surface area contributed by atoms with Crippen LogP contribution in [0.15, 0.2) is 42.6 Å². The maximum Gasteiger partial charge on any atom is 0.269 e. The molecule has 0 bridgehead atoms. The minimum Gasteiger partial charge on any atom is -0.491 e. The van der Waals surface area contributed by atoms with E-state index in [1.54, 1.807) is 19.4 Å². The Labute approximate surface area is 148 Å². The second-order valence-electron chi connectivity index (χ2n) is 5.85. The summed E-state index contributed by atoms with van der Waals surface area (Å²) in [5.74, 6) is 0.650. The van der Waals surface area contributed by atoms with Gasteiger partial charge < -0.3 is 20.1 Å². The lowest BCUT2D eigenvalue weighted by Crippen LogP contribution is -2.26. The zero-order valence-corrected chi connectivity index (χ0v) is 14.9. The Balaban J connectivity index is 1.88. The first-order valence-corrected chi connectivity index (χ1v) is 8.35. The Morgan fingerprint density at radius 3 is 2.44 bits per heavy atom.